The molecule has 1 N–H and O–H groups in total. The molecule has 4 rings (SSSR count). The lowest BCUT2D eigenvalue weighted by atomic mass is 10.1. The standard InChI is InChI=1S/C21H21FN4O3S/c22-15-9-7-14(8-10-15)12-26(21(28)17-13-30-25-24-17)19(18-6-3-11-29-18)20(27)23-16-4-1-2-5-16/h3,6-11,13,16,19H,1-2,4-5,12H2,(H,23,27). The van der Waals surface area contributed by atoms with Gasteiger partial charge < -0.3 is 14.6 Å². The van der Waals surface area contributed by atoms with E-state index in [1.807, 2.05) is 0 Å². The number of halogens is 1. The molecule has 9 heteroatoms. The minimum Gasteiger partial charge on any atom is -0.467 e. The van der Waals surface area contributed by atoms with Crippen molar-refractivity contribution in [1.82, 2.24) is 19.8 Å². The number of amides is 2. The second-order valence-corrected chi connectivity index (χ2v) is 7.87. The molecule has 0 bridgehead atoms. The first-order valence-electron chi connectivity index (χ1n) is 9.78. The van der Waals surface area contributed by atoms with Crippen LogP contribution in [0.15, 0.2) is 52.5 Å². The molecular formula is C21H21FN4O3S. The third-order valence-corrected chi connectivity index (χ3v) is 5.69. The molecule has 2 heterocycles. The molecule has 1 aromatic carbocycles. The number of benzene rings is 1. The van der Waals surface area contributed by atoms with Crippen molar-refractivity contribution in [3.63, 3.8) is 0 Å². The highest BCUT2D eigenvalue weighted by Crippen LogP contribution is 2.27. The zero-order valence-corrected chi connectivity index (χ0v) is 17.0. The average molecular weight is 428 g/mol. The van der Waals surface area contributed by atoms with E-state index in [0.29, 0.717) is 11.3 Å². The van der Waals surface area contributed by atoms with E-state index in [1.54, 1.807) is 24.3 Å². The Labute approximate surface area is 177 Å². The summed E-state index contributed by atoms with van der Waals surface area (Å²) in [6.45, 7) is 0.0834. The van der Waals surface area contributed by atoms with Crippen molar-refractivity contribution < 1.29 is 18.4 Å². The van der Waals surface area contributed by atoms with E-state index in [2.05, 4.69) is 14.9 Å². The van der Waals surface area contributed by atoms with Gasteiger partial charge in [-0.15, -0.1) is 5.10 Å². The molecule has 1 unspecified atom stereocenters. The number of aromatic nitrogens is 2. The molecule has 2 aromatic heterocycles. The van der Waals surface area contributed by atoms with Crippen LogP contribution in [0.2, 0.25) is 0 Å². The number of carbonyl (C=O) groups excluding carboxylic acids is 2. The maximum Gasteiger partial charge on any atom is 0.276 e. The van der Waals surface area contributed by atoms with E-state index < -0.39 is 11.9 Å². The van der Waals surface area contributed by atoms with Gasteiger partial charge in [-0.2, -0.15) is 0 Å². The molecule has 1 saturated carbocycles. The number of carbonyl (C=O) groups is 2. The summed E-state index contributed by atoms with van der Waals surface area (Å²) in [5.41, 5.74) is 0.825. The number of hydrogen-bond acceptors (Lipinski definition) is 6. The van der Waals surface area contributed by atoms with Gasteiger partial charge in [0.2, 0.25) is 0 Å². The SMILES string of the molecule is O=C(NC1CCCC1)C(c1ccco1)N(Cc1ccc(F)cc1)C(=O)c1csnn1. The molecular weight excluding hydrogens is 407 g/mol. The fourth-order valence-electron chi connectivity index (χ4n) is 3.69. The fraction of sp³-hybridized carbons (Fsp3) is 0.333. The Morgan fingerprint density at radius 3 is 2.63 bits per heavy atom. The van der Waals surface area contributed by atoms with Crippen LogP contribution >= 0.6 is 11.5 Å². The molecule has 0 aliphatic heterocycles. The summed E-state index contributed by atoms with van der Waals surface area (Å²) in [6.07, 6.45) is 5.44. The number of furan rings is 1. The lowest BCUT2D eigenvalue weighted by Gasteiger charge is -2.30. The Bertz CT molecular complexity index is 970. The fourth-order valence-corrected chi connectivity index (χ4v) is 4.12. The highest BCUT2D eigenvalue weighted by molar-refractivity contribution is 7.03. The average Bonchev–Trinajstić information content (AvgIpc) is 3.52. The van der Waals surface area contributed by atoms with Crippen molar-refractivity contribution in [3.05, 3.63) is 70.9 Å². The smallest absolute Gasteiger partial charge is 0.276 e. The second kappa shape index (κ2) is 9.17. The van der Waals surface area contributed by atoms with Gasteiger partial charge in [-0.1, -0.05) is 29.5 Å². The van der Waals surface area contributed by atoms with Gasteiger partial charge >= 0.3 is 0 Å². The Kier molecular flexibility index (Phi) is 6.18. The largest absolute Gasteiger partial charge is 0.467 e. The maximum absolute atomic E-state index is 13.4. The van der Waals surface area contributed by atoms with E-state index in [1.165, 1.54) is 28.7 Å². The lowest BCUT2D eigenvalue weighted by Crippen LogP contribution is -2.45. The van der Waals surface area contributed by atoms with Crippen LogP contribution in [0.25, 0.3) is 0 Å². The van der Waals surface area contributed by atoms with E-state index in [0.717, 1.165) is 37.2 Å². The predicted molar refractivity (Wildman–Crippen MR) is 108 cm³/mol. The quantitative estimate of drug-likeness (QED) is 0.620. The monoisotopic (exact) mass is 428 g/mol. The number of rotatable bonds is 7. The van der Waals surface area contributed by atoms with Gasteiger partial charge in [-0.25, -0.2) is 4.39 Å². The highest BCUT2D eigenvalue weighted by atomic mass is 32.1. The number of nitrogens with zero attached hydrogens (tertiary/aromatic N) is 3. The van der Waals surface area contributed by atoms with Crippen molar-refractivity contribution in [2.24, 2.45) is 0 Å². The molecule has 1 atom stereocenters. The van der Waals surface area contributed by atoms with Gasteiger partial charge in [0, 0.05) is 18.0 Å². The van der Waals surface area contributed by atoms with Crippen LogP contribution in [-0.2, 0) is 11.3 Å². The van der Waals surface area contributed by atoms with Crippen LogP contribution in [0.3, 0.4) is 0 Å². The summed E-state index contributed by atoms with van der Waals surface area (Å²) >= 11 is 1.06. The molecule has 3 aromatic rings. The minimum absolute atomic E-state index is 0.0821. The second-order valence-electron chi connectivity index (χ2n) is 7.26. The molecule has 0 saturated heterocycles. The third kappa shape index (κ3) is 4.56. The summed E-state index contributed by atoms with van der Waals surface area (Å²) in [6, 6.07) is 8.26. The van der Waals surface area contributed by atoms with Gasteiger partial charge in [-0.3, -0.25) is 9.59 Å². The maximum atomic E-state index is 13.4. The molecule has 30 heavy (non-hydrogen) atoms. The van der Waals surface area contributed by atoms with Crippen molar-refractivity contribution >= 4 is 23.3 Å². The Balaban J connectivity index is 1.68. The summed E-state index contributed by atoms with van der Waals surface area (Å²) in [4.78, 5) is 28.0. The van der Waals surface area contributed by atoms with Crippen LogP contribution in [0.4, 0.5) is 4.39 Å². The predicted octanol–water partition coefficient (Wildman–Crippen LogP) is 3.71. The first kappa shape index (κ1) is 20.2. The van der Waals surface area contributed by atoms with Gasteiger partial charge in [0.05, 0.1) is 6.26 Å². The Morgan fingerprint density at radius 2 is 2.00 bits per heavy atom. The van der Waals surface area contributed by atoms with E-state index in [-0.39, 0.29) is 30.0 Å². The van der Waals surface area contributed by atoms with Crippen LogP contribution in [0, 0.1) is 5.82 Å². The zero-order valence-electron chi connectivity index (χ0n) is 16.2. The van der Waals surface area contributed by atoms with Crippen molar-refractivity contribution in [2.45, 2.75) is 44.3 Å². The van der Waals surface area contributed by atoms with Gasteiger partial charge in [-0.05, 0) is 54.2 Å². The van der Waals surface area contributed by atoms with Crippen LogP contribution in [0.1, 0.15) is 53.5 Å². The molecule has 1 aliphatic carbocycles. The Hall–Kier alpha value is -3.07. The molecule has 2 amide bonds. The van der Waals surface area contributed by atoms with Crippen molar-refractivity contribution in [2.75, 3.05) is 0 Å². The molecule has 1 aliphatic rings. The molecule has 156 valence electrons. The molecule has 1 fully saturated rings. The summed E-state index contributed by atoms with van der Waals surface area (Å²) < 4.78 is 22.7. The highest BCUT2D eigenvalue weighted by Gasteiger charge is 2.36. The van der Waals surface area contributed by atoms with Crippen LogP contribution < -0.4 is 5.32 Å². The topological polar surface area (TPSA) is 88.3 Å². The normalized spacial score (nSPS) is 15.1. The van der Waals surface area contributed by atoms with Gasteiger partial charge in [0.15, 0.2) is 11.7 Å². The molecule has 7 nitrogen and oxygen atoms in total. The summed E-state index contributed by atoms with van der Waals surface area (Å²) in [7, 11) is 0. The van der Waals surface area contributed by atoms with Gasteiger partial charge in [0.1, 0.15) is 11.6 Å². The van der Waals surface area contributed by atoms with Crippen LogP contribution in [0.5, 0.6) is 0 Å². The zero-order chi connectivity index (χ0) is 20.9. The minimum atomic E-state index is -0.986. The third-order valence-electron chi connectivity index (χ3n) is 5.18. The summed E-state index contributed by atoms with van der Waals surface area (Å²) in [5, 5.41) is 8.47. The first-order valence-corrected chi connectivity index (χ1v) is 10.6. The van der Waals surface area contributed by atoms with Crippen molar-refractivity contribution in [3.8, 4) is 0 Å². The van der Waals surface area contributed by atoms with E-state index in [9.17, 15) is 14.0 Å². The Morgan fingerprint density at radius 1 is 1.23 bits per heavy atom. The first-order chi connectivity index (χ1) is 14.6. The molecule has 0 radical (unpaired) electrons. The van der Waals surface area contributed by atoms with Crippen LogP contribution in [-0.4, -0.2) is 32.3 Å². The number of hydrogen-bond donors (Lipinski definition) is 1. The number of nitrogens with one attached hydrogen (secondary N) is 1. The van der Waals surface area contributed by atoms with Crippen molar-refractivity contribution in [1.29, 1.82) is 0 Å². The van der Waals surface area contributed by atoms with E-state index >= 15 is 0 Å². The van der Waals surface area contributed by atoms with Gasteiger partial charge in [0.25, 0.3) is 11.8 Å². The molecule has 0 spiro atoms. The lowest BCUT2D eigenvalue weighted by molar-refractivity contribution is -0.127. The van der Waals surface area contributed by atoms with E-state index in [4.69, 9.17) is 4.42 Å². The summed E-state index contributed by atoms with van der Waals surface area (Å²) in [5.74, 6) is -0.780.